The van der Waals surface area contributed by atoms with Crippen LogP contribution in [-0.2, 0) is 6.42 Å². The predicted molar refractivity (Wildman–Crippen MR) is 74.2 cm³/mol. The van der Waals surface area contributed by atoms with Gasteiger partial charge in [-0.1, -0.05) is 24.6 Å². The summed E-state index contributed by atoms with van der Waals surface area (Å²) < 4.78 is 0. The largest absolute Gasteiger partial charge is 0.319 e. The molecule has 100 valence electrons. The maximum Gasteiger partial charge on any atom is 0.295 e. The molecule has 0 aliphatic heterocycles. The zero-order valence-corrected chi connectivity index (χ0v) is 11.4. The van der Waals surface area contributed by atoms with E-state index in [9.17, 15) is 4.79 Å². The zero-order chi connectivity index (χ0) is 13.8. The van der Waals surface area contributed by atoms with E-state index in [2.05, 4.69) is 27.4 Å². The number of nitrogens with zero attached hydrogens (tertiary/aromatic N) is 2. The van der Waals surface area contributed by atoms with Gasteiger partial charge >= 0.3 is 0 Å². The molecule has 0 fully saturated rings. The minimum atomic E-state index is -0.287. The number of hydrogen-bond acceptors (Lipinski definition) is 3. The number of aryl methyl sites for hydroxylation is 3. The second-order valence-corrected chi connectivity index (χ2v) is 4.63. The Bertz CT molecular complexity index is 589. The van der Waals surface area contributed by atoms with Crippen LogP contribution in [0.25, 0.3) is 0 Å². The van der Waals surface area contributed by atoms with Crippen molar-refractivity contribution < 1.29 is 4.79 Å². The molecule has 0 spiro atoms. The third-order valence-corrected chi connectivity index (χ3v) is 2.85. The van der Waals surface area contributed by atoms with Crippen LogP contribution >= 0.6 is 0 Å². The summed E-state index contributed by atoms with van der Waals surface area (Å²) in [7, 11) is 0. The quantitative estimate of drug-likeness (QED) is 0.885. The summed E-state index contributed by atoms with van der Waals surface area (Å²) >= 11 is 0. The summed E-state index contributed by atoms with van der Waals surface area (Å²) in [5, 5.41) is 9.53. The van der Waals surface area contributed by atoms with Crippen LogP contribution in [0.1, 0.15) is 40.9 Å². The van der Waals surface area contributed by atoms with Crippen LogP contribution in [0, 0.1) is 13.8 Å². The van der Waals surface area contributed by atoms with Gasteiger partial charge in [-0.05, 0) is 31.9 Å². The Hall–Kier alpha value is -2.17. The lowest BCUT2D eigenvalue weighted by atomic mass is 10.1. The number of rotatable bonds is 4. The van der Waals surface area contributed by atoms with Gasteiger partial charge in [0.25, 0.3) is 5.91 Å². The van der Waals surface area contributed by atoms with Crippen molar-refractivity contribution in [2.45, 2.75) is 33.6 Å². The maximum absolute atomic E-state index is 12.0. The first-order valence-electron chi connectivity index (χ1n) is 6.40. The lowest BCUT2D eigenvalue weighted by molar-refractivity contribution is 0.101. The third-order valence-electron chi connectivity index (χ3n) is 2.85. The minimum absolute atomic E-state index is 0.184. The highest BCUT2D eigenvalue weighted by molar-refractivity contribution is 6.01. The van der Waals surface area contributed by atoms with Crippen LogP contribution in [-0.4, -0.2) is 21.1 Å². The molecule has 1 aromatic heterocycles. The van der Waals surface area contributed by atoms with E-state index in [1.165, 1.54) is 5.56 Å². The predicted octanol–water partition coefficient (Wildman–Crippen LogP) is 2.63. The molecule has 19 heavy (non-hydrogen) atoms. The fourth-order valence-electron chi connectivity index (χ4n) is 1.88. The number of aromatic amines is 1. The number of nitrogens with one attached hydrogen (secondary N) is 2. The standard InChI is InChI=1S/C14H18N4O/c1-4-5-12-16-13(18-17-12)14(19)15-11-7-6-9(2)8-10(11)3/h6-8H,4-5H2,1-3H3,(H,15,19)(H,16,17,18). The lowest BCUT2D eigenvalue weighted by Crippen LogP contribution is -2.14. The van der Waals surface area contributed by atoms with Crippen LogP contribution in [0.3, 0.4) is 0 Å². The molecule has 1 heterocycles. The summed E-state index contributed by atoms with van der Waals surface area (Å²) in [6.07, 6.45) is 1.76. The Morgan fingerprint density at radius 3 is 2.84 bits per heavy atom. The fraction of sp³-hybridized carbons (Fsp3) is 0.357. The monoisotopic (exact) mass is 258 g/mol. The first-order valence-corrected chi connectivity index (χ1v) is 6.40. The number of benzene rings is 1. The molecule has 0 saturated heterocycles. The average Bonchev–Trinajstić information content (AvgIpc) is 2.82. The van der Waals surface area contributed by atoms with Gasteiger partial charge in [0.2, 0.25) is 5.82 Å². The Morgan fingerprint density at radius 2 is 2.16 bits per heavy atom. The van der Waals surface area contributed by atoms with E-state index in [0.29, 0.717) is 0 Å². The molecule has 2 aromatic rings. The smallest absolute Gasteiger partial charge is 0.295 e. The molecule has 1 aromatic carbocycles. The van der Waals surface area contributed by atoms with Crippen molar-refractivity contribution in [1.82, 2.24) is 15.2 Å². The lowest BCUT2D eigenvalue weighted by Gasteiger charge is -2.07. The highest BCUT2D eigenvalue weighted by Crippen LogP contribution is 2.16. The van der Waals surface area contributed by atoms with Crippen LogP contribution in [0.4, 0.5) is 5.69 Å². The van der Waals surface area contributed by atoms with Crippen molar-refractivity contribution in [1.29, 1.82) is 0 Å². The molecule has 0 bridgehead atoms. The molecule has 2 rings (SSSR count). The van der Waals surface area contributed by atoms with Gasteiger partial charge < -0.3 is 5.32 Å². The van der Waals surface area contributed by atoms with Gasteiger partial charge in [-0.2, -0.15) is 0 Å². The van der Waals surface area contributed by atoms with Crippen LogP contribution in [0.15, 0.2) is 18.2 Å². The molecular weight excluding hydrogens is 240 g/mol. The number of hydrogen-bond donors (Lipinski definition) is 2. The first-order chi connectivity index (χ1) is 9.10. The van der Waals surface area contributed by atoms with Gasteiger partial charge in [0, 0.05) is 12.1 Å². The van der Waals surface area contributed by atoms with Gasteiger partial charge in [0.05, 0.1) is 0 Å². The molecule has 0 saturated carbocycles. The van der Waals surface area contributed by atoms with E-state index in [1.54, 1.807) is 0 Å². The van der Waals surface area contributed by atoms with E-state index in [0.717, 1.165) is 29.9 Å². The summed E-state index contributed by atoms with van der Waals surface area (Å²) in [4.78, 5) is 16.2. The van der Waals surface area contributed by atoms with E-state index < -0.39 is 0 Å². The summed E-state index contributed by atoms with van der Waals surface area (Å²) in [5.74, 6) is 0.641. The molecule has 0 aliphatic carbocycles. The van der Waals surface area contributed by atoms with Crippen molar-refractivity contribution in [2.75, 3.05) is 5.32 Å². The van der Waals surface area contributed by atoms with Crippen molar-refractivity contribution in [3.63, 3.8) is 0 Å². The Morgan fingerprint density at radius 1 is 1.37 bits per heavy atom. The second kappa shape index (κ2) is 5.65. The minimum Gasteiger partial charge on any atom is -0.319 e. The molecule has 0 aliphatic rings. The van der Waals surface area contributed by atoms with Gasteiger partial charge in [-0.3, -0.25) is 9.89 Å². The van der Waals surface area contributed by atoms with Crippen molar-refractivity contribution in [3.05, 3.63) is 41.0 Å². The summed E-state index contributed by atoms with van der Waals surface area (Å²) in [6, 6.07) is 5.88. The molecule has 5 nitrogen and oxygen atoms in total. The summed E-state index contributed by atoms with van der Waals surface area (Å²) in [6.45, 7) is 6.03. The molecule has 0 radical (unpaired) electrons. The first kappa shape index (κ1) is 13.3. The number of amides is 1. The van der Waals surface area contributed by atoms with Gasteiger partial charge in [-0.25, -0.2) is 4.98 Å². The SMILES string of the molecule is CCCc1nc(C(=O)Nc2ccc(C)cc2C)n[nH]1. The normalized spacial score (nSPS) is 10.5. The number of carbonyl (C=O) groups is 1. The molecule has 2 N–H and O–H groups in total. The van der Waals surface area contributed by atoms with Crippen LogP contribution in [0.2, 0.25) is 0 Å². The summed E-state index contributed by atoms with van der Waals surface area (Å²) in [5.41, 5.74) is 2.98. The van der Waals surface area contributed by atoms with Crippen LogP contribution in [0.5, 0.6) is 0 Å². The Kier molecular flexibility index (Phi) is 3.94. The number of aromatic nitrogens is 3. The molecule has 0 unspecified atom stereocenters. The second-order valence-electron chi connectivity index (χ2n) is 4.63. The van der Waals surface area contributed by atoms with Crippen LogP contribution < -0.4 is 5.32 Å². The number of anilines is 1. The molecule has 5 heteroatoms. The Labute approximate surface area is 112 Å². The number of carbonyl (C=O) groups excluding carboxylic acids is 1. The highest BCUT2D eigenvalue weighted by Gasteiger charge is 2.13. The van der Waals surface area contributed by atoms with E-state index in [1.807, 2.05) is 32.0 Å². The average molecular weight is 258 g/mol. The molecule has 0 atom stereocenters. The van der Waals surface area contributed by atoms with E-state index >= 15 is 0 Å². The van der Waals surface area contributed by atoms with Gasteiger partial charge in [0.15, 0.2) is 0 Å². The van der Waals surface area contributed by atoms with Gasteiger partial charge in [-0.15, -0.1) is 5.10 Å². The van der Waals surface area contributed by atoms with Crippen molar-refractivity contribution in [2.24, 2.45) is 0 Å². The van der Waals surface area contributed by atoms with Gasteiger partial charge in [0.1, 0.15) is 5.82 Å². The zero-order valence-electron chi connectivity index (χ0n) is 11.4. The Balaban J connectivity index is 2.11. The highest BCUT2D eigenvalue weighted by atomic mass is 16.2. The fourth-order valence-corrected chi connectivity index (χ4v) is 1.88. The van der Waals surface area contributed by atoms with Crippen molar-refractivity contribution >= 4 is 11.6 Å². The third kappa shape index (κ3) is 3.19. The molecular formula is C14H18N4O. The topological polar surface area (TPSA) is 70.7 Å². The van der Waals surface area contributed by atoms with Crippen molar-refractivity contribution in [3.8, 4) is 0 Å². The van der Waals surface area contributed by atoms with E-state index in [4.69, 9.17) is 0 Å². The molecule has 1 amide bonds. The maximum atomic E-state index is 12.0. The number of H-pyrrole nitrogens is 1. The van der Waals surface area contributed by atoms with E-state index in [-0.39, 0.29) is 11.7 Å².